The van der Waals surface area contributed by atoms with E-state index in [1.807, 2.05) is 31.1 Å². The van der Waals surface area contributed by atoms with Crippen LogP contribution in [0.2, 0.25) is 0 Å². The van der Waals surface area contributed by atoms with Crippen molar-refractivity contribution in [2.24, 2.45) is 0 Å². The summed E-state index contributed by atoms with van der Waals surface area (Å²) in [6.45, 7) is -0.258. The van der Waals surface area contributed by atoms with E-state index in [1.165, 1.54) is 4.90 Å². The lowest BCUT2D eigenvalue weighted by Gasteiger charge is -2.28. The molecule has 0 spiro atoms. The second kappa shape index (κ2) is 7.05. The van der Waals surface area contributed by atoms with Crippen molar-refractivity contribution in [3.05, 3.63) is 23.8 Å². The van der Waals surface area contributed by atoms with Gasteiger partial charge in [-0.1, -0.05) is 12.8 Å². The van der Waals surface area contributed by atoms with E-state index >= 15 is 0 Å². The molecule has 0 radical (unpaired) electrons. The van der Waals surface area contributed by atoms with Crippen LogP contribution in [0.1, 0.15) is 36.0 Å². The lowest BCUT2D eigenvalue weighted by Crippen LogP contribution is -2.42. The first-order valence-corrected chi connectivity index (χ1v) is 7.88. The molecule has 1 fully saturated rings. The van der Waals surface area contributed by atoms with Gasteiger partial charge in [0.05, 0.1) is 5.56 Å². The monoisotopic (exact) mass is 322 g/mol. The highest BCUT2D eigenvalue weighted by Gasteiger charge is 2.29. The van der Waals surface area contributed by atoms with Crippen LogP contribution < -0.4 is 4.90 Å². The third-order valence-corrected chi connectivity index (χ3v) is 4.43. The number of thiol groups is 1. The average molecular weight is 322 g/mol. The Labute approximate surface area is 136 Å². The molecule has 1 aromatic carbocycles. The predicted molar refractivity (Wildman–Crippen MR) is 88.9 cm³/mol. The Morgan fingerprint density at radius 3 is 2.41 bits per heavy atom. The van der Waals surface area contributed by atoms with Crippen LogP contribution in [0.15, 0.2) is 23.1 Å². The van der Waals surface area contributed by atoms with Crippen LogP contribution in [0.3, 0.4) is 0 Å². The molecule has 2 rings (SSSR count). The molecular formula is C16H22N2O3S. The average Bonchev–Trinajstić information content (AvgIpc) is 2.97. The molecule has 6 heteroatoms. The molecule has 1 aliphatic carbocycles. The minimum Gasteiger partial charge on any atom is -0.480 e. The number of carbonyl (C=O) groups is 2. The number of aliphatic carboxylic acids is 1. The number of carbonyl (C=O) groups excluding carboxylic acids is 1. The number of benzene rings is 1. The highest BCUT2D eigenvalue weighted by Crippen LogP contribution is 2.27. The topological polar surface area (TPSA) is 60.9 Å². The molecule has 1 amide bonds. The fourth-order valence-corrected chi connectivity index (χ4v) is 3.16. The molecule has 0 heterocycles. The molecule has 22 heavy (non-hydrogen) atoms. The Hall–Kier alpha value is -1.69. The normalized spacial score (nSPS) is 14.9. The zero-order valence-corrected chi connectivity index (χ0v) is 13.8. The Balaban J connectivity index is 2.27. The number of carboxylic acid groups (broad SMARTS) is 1. The Kier molecular flexibility index (Phi) is 5.34. The maximum atomic E-state index is 12.8. The van der Waals surface area contributed by atoms with E-state index in [9.17, 15) is 9.59 Å². The van der Waals surface area contributed by atoms with Gasteiger partial charge in [0.25, 0.3) is 5.91 Å². The van der Waals surface area contributed by atoms with Crippen LogP contribution in [0.25, 0.3) is 0 Å². The van der Waals surface area contributed by atoms with Gasteiger partial charge in [-0.05, 0) is 31.0 Å². The van der Waals surface area contributed by atoms with Crippen LogP contribution in [-0.2, 0) is 4.79 Å². The van der Waals surface area contributed by atoms with Crippen molar-refractivity contribution in [3.63, 3.8) is 0 Å². The molecule has 1 saturated carbocycles. The van der Waals surface area contributed by atoms with Crippen molar-refractivity contribution in [3.8, 4) is 0 Å². The number of nitrogens with zero attached hydrogens (tertiary/aromatic N) is 2. The fourth-order valence-electron chi connectivity index (χ4n) is 2.86. The summed E-state index contributed by atoms with van der Waals surface area (Å²) in [5.41, 5.74) is 1.41. The Morgan fingerprint density at radius 2 is 1.91 bits per heavy atom. The Bertz CT molecular complexity index is 569. The summed E-state index contributed by atoms with van der Waals surface area (Å²) < 4.78 is 0. The van der Waals surface area contributed by atoms with Crippen molar-refractivity contribution >= 4 is 30.2 Å². The summed E-state index contributed by atoms with van der Waals surface area (Å²) >= 11 is 4.41. The third kappa shape index (κ3) is 3.74. The van der Waals surface area contributed by atoms with Crippen molar-refractivity contribution in [1.82, 2.24) is 4.90 Å². The van der Waals surface area contributed by atoms with E-state index in [-0.39, 0.29) is 18.5 Å². The molecular weight excluding hydrogens is 300 g/mol. The smallest absolute Gasteiger partial charge is 0.323 e. The lowest BCUT2D eigenvalue weighted by atomic mass is 10.1. The molecule has 0 saturated heterocycles. The van der Waals surface area contributed by atoms with E-state index in [2.05, 4.69) is 12.6 Å². The van der Waals surface area contributed by atoms with E-state index < -0.39 is 5.97 Å². The van der Waals surface area contributed by atoms with E-state index in [4.69, 9.17) is 5.11 Å². The summed E-state index contributed by atoms with van der Waals surface area (Å²) in [7, 11) is 3.83. The van der Waals surface area contributed by atoms with Gasteiger partial charge in [-0.3, -0.25) is 9.59 Å². The van der Waals surface area contributed by atoms with Gasteiger partial charge in [-0.15, -0.1) is 12.6 Å². The summed E-state index contributed by atoms with van der Waals surface area (Å²) in [6.07, 6.45) is 3.83. The number of amides is 1. The van der Waals surface area contributed by atoms with Gasteiger partial charge < -0.3 is 14.9 Å². The van der Waals surface area contributed by atoms with Crippen LogP contribution in [0.5, 0.6) is 0 Å². The molecule has 0 unspecified atom stereocenters. The maximum Gasteiger partial charge on any atom is 0.323 e. The molecule has 0 aromatic heterocycles. The number of hydrogen-bond donors (Lipinski definition) is 2. The predicted octanol–water partition coefficient (Wildman–Crippen LogP) is 2.51. The first kappa shape index (κ1) is 16.7. The molecule has 0 aliphatic heterocycles. The van der Waals surface area contributed by atoms with Gasteiger partial charge >= 0.3 is 5.97 Å². The minimum absolute atomic E-state index is 0.0184. The standard InChI is InChI=1S/C16H22N2O3S/c1-17(2)12-7-8-13(14(22)9-12)16(21)18(10-15(19)20)11-5-3-4-6-11/h7-9,11,22H,3-6,10H2,1-2H3,(H,19,20). The largest absolute Gasteiger partial charge is 0.480 e. The molecule has 5 nitrogen and oxygen atoms in total. The third-order valence-electron chi connectivity index (χ3n) is 4.06. The maximum absolute atomic E-state index is 12.8. The first-order valence-electron chi connectivity index (χ1n) is 7.43. The summed E-state index contributed by atoms with van der Waals surface area (Å²) in [5, 5.41) is 9.11. The quantitative estimate of drug-likeness (QED) is 0.818. The van der Waals surface area contributed by atoms with Gasteiger partial charge in [0.15, 0.2) is 0 Å². The van der Waals surface area contributed by atoms with Crippen LogP contribution in [-0.4, -0.2) is 48.6 Å². The highest BCUT2D eigenvalue weighted by molar-refractivity contribution is 7.80. The SMILES string of the molecule is CN(C)c1ccc(C(=O)N(CC(=O)O)C2CCCC2)c(S)c1. The van der Waals surface area contributed by atoms with Gasteiger partial charge in [0, 0.05) is 30.7 Å². The Morgan fingerprint density at radius 1 is 1.27 bits per heavy atom. The van der Waals surface area contributed by atoms with Crippen LogP contribution in [0.4, 0.5) is 5.69 Å². The number of anilines is 1. The summed E-state index contributed by atoms with van der Waals surface area (Å²) in [6, 6.07) is 5.42. The molecule has 1 aromatic rings. The number of hydrogen-bond acceptors (Lipinski definition) is 4. The second-order valence-corrected chi connectivity index (χ2v) is 6.34. The van der Waals surface area contributed by atoms with E-state index in [1.54, 1.807) is 6.07 Å². The van der Waals surface area contributed by atoms with Crippen LogP contribution >= 0.6 is 12.6 Å². The van der Waals surface area contributed by atoms with Gasteiger partial charge in [-0.25, -0.2) is 0 Å². The molecule has 1 aliphatic rings. The van der Waals surface area contributed by atoms with Crippen molar-refractivity contribution in [2.75, 3.05) is 25.5 Å². The van der Waals surface area contributed by atoms with E-state index in [0.29, 0.717) is 10.5 Å². The highest BCUT2D eigenvalue weighted by atomic mass is 32.1. The minimum atomic E-state index is -0.981. The zero-order valence-electron chi connectivity index (χ0n) is 13.0. The molecule has 0 atom stereocenters. The number of rotatable bonds is 5. The van der Waals surface area contributed by atoms with Gasteiger partial charge in [0.1, 0.15) is 6.54 Å². The fraction of sp³-hybridized carbons (Fsp3) is 0.500. The lowest BCUT2D eigenvalue weighted by molar-refractivity contribution is -0.138. The molecule has 1 N–H and O–H groups in total. The van der Waals surface area contributed by atoms with Gasteiger partial charge in [0.2, 0.25) is 0 Å². The van der Waals surface area contributed by atoms with Crippen molar-refractivity contribution in [1.29, 1.82) is 0 Å². The second-order valence-electron chi connectivity index (χ2n) is 5.86. The zero-order chi connectivity index (χ0) is 16.3. The molecule has 120 valence electrons. The van der Waals surface area contributed by atoms with E-state index in [0.717, 1.165) is 31.4 Å². The number of carboxylic acids is 1. The van der Waals surface area contributed by atoms with Crippen LogP contribution in [0, 0.1) is 0 Å². The first-order chi connectivity index (χ1) is 10.4. The summed E-state index contributed by atoms with van der Waals surface area (Å²) in [4.78, 5) is 27.9. The van der Waals surface area contributed by atoms with Crippen molar-refractivity contribution in [2.45, 2.75) is 36.6 Å². The molecule has 0 bridgehead atoms. The van der Waals surface area contributed by atoms with Gasteiger partial charge in [-0.2, -0.15) is 0 Å². The summed E-state index contributed by atoms with van der Waals surface area (Å²) in [5.74, 6) is -1.23. The van der Waals surface area contributed by atoms with Crippen molar-refractivity contribution < 1.29 is 14.7 Å².